The molecule has 12 heavy (non-hydrogen) atoms. The van der Waals surface area contributed by atoms with Crippen molar-refractivity contribution in [1.82, 2.24) is 0 Å². The van der Waals surface area contributed by atoms with Gasteiger partial charge < -0.3 is 0 Å². The highest BCUT2D eigenvalue weighted by molar-refractivity contribution is 9.10. The standard InChI is InChI=1S/C8H3BrN2O/c9-5-1-2-6-7(3-5)11-8(4-12)10-6/h1-3H. The normalized spacial score (nSPS) is 12.9. The molecule has 3 nitrogen and oxygen atoms in total. The molecule has 1 aliphatic rings. The van der Waals surface area contributed by atoms with E-state index in [0.717, 1.165) is 9.83 Å². The molecule has 0 saturated carbocycles. The Morgan fingerprint density at radius 1 is 1.25 bits per heavy atom. The zero-order valence-electron chi connectivity index (χ0n) is 5.91. The van der Waals surface area contributed by atoms with Crippen LogP contribution in [0.4, 0.5) is 0 Å². The van der Waals surface area contributed by atoms with Crippen LogP contribution in [0.2, 0.25) is 0 Å². The average molecular weight is 223 g/mol. The van der Waals surface area contributed by atoms with Gasteiger partial charge in [-0.05, 0) is 18.2 Å². The lowest BCUT2D eigenvalue weighted by Crippen LogP contribution is -2.20. The maximum absolute atomic E-state index is 10.2. The van der Waals surface area contributed by atoms with Crippen molar-refractivity contribution in [2.45, 2.75) is 0 Å². The Balaban J connectivity index is 2.86. The lowest BCUT2D eigenvalue weighted by Gasteiger charge is -1.83. The third-order valence-electron chi connectivity index (χ3n) is 1.48. The van der Waals surface area contributed by atoms with E-state index in [4.69, 9.17) is 0 Å². The number of halogens is 1. The molecule has 0 amide bonds. The van der Waals surface area contributed by atoms with Crippen LogP contribution in [0, 0.1) is 0 Å². The van der Waals surface area contributed by atoms with Gasteiger partial charge in [0.05, 0.1) is 10.7 Å². The molecule has 2 rings (SSSR count). The van der Waals surface area contributed by atoms with Crippen LogP contribution in [0.15, 0.2) is 38.5 Å². The number of hydrogen-bond acceptors (Lipinski definition) is 3. The third-order valence-corrected chi connectivity index (χ3v) is 1.97. The van der Waals surface area contributed by atoms with Crippen LogP contribution >= 0.6 is 15.9 Å². The van der Waals surface area contributed by atoms with Crippen molar-refractivity contribution >= 4 is 21.9 Å². The van der Waals surface area contributed by atoms with Crippen molar-refractivity contribution in [3.8, 4) is 0 Å². The van der Waals surface area contributed by atoms with Crippen LogP contribution in [0.25, 0.3) is 0 Å². The minimum absolute atomic E-state index is 0.114. The summed E-state index contributed by atoms with van der Waals surface area (Å²) in [7, 11) is 0. The molecule has 0 N–H and O–H groups in total. The monoisotopic (exact) mass is 222 g/mol. The Morgan fingerprint density at radius 2 is 2.00 bits per heavy atom. The van der Waals surface area contributed by atoms with Gasteiger partial charge in [0.15, 0.2) is 5.94 Å². The number of carbonyl (C=O) groups excluding carboxylic acids is 1. The number of hydrogen-bond donors (Lipinski definition) is 0. The summed E-state index contributed by atoms with van der Waals surface area (Å²) in [5, 5.41) is 1.43. The first-order chi connectivity index (χ1) is 5.79. The molecule has 1 aromatic rings. The Bertz CT molecular complexity index is 500. The predicted molar refractivity (Wildman–Crippen MR) is 45.7 cm³/mol. The van der Waals surface area contributed by atoms with Gasteiger partial charge in [-0.3, -0.25) is 0 Å². The summed E-state index contributed by atoms with van der Waals surface area (Å²) in [5.41, 5.74) is 0. The van der Waals surface area contributed by atoms with Gasteiger partial charge in [0.1, 0.15) is 0 Å². The first kappa shape index (κ1) is 7.40. The molecule has 1 aromatic carbocycles. The average Bonchev–Trinajstić information content (AvgIpc) is 2.46. The van der Waals surface area contributed by atoms with Crippen LogP contribution in [-0.4, -0.2) is 5.94 Å². The van der Waals surface area contributed by atoms with E-state index in [2.05, 4.69) is 25.9 Å². The first-order valence-corrected chi connectivity index (χ1v) is 4.07. The van der Waals surface area contributed by atoms with Crippen LogP contribution in [0.5, 0.6) is 0 Å². The quantitative estimate of drug-likeness (QED) is 0.586. The number of rotatable bonds is 0. The van der Waals surface area contributed by atoms with Crippen LogP contribution in [0.3, 0.4) is 0 Å². The van der Waals surface area contributed by atoms with Gasteiger partial charge in [0.2, 0.25) is 5.82 Å². The topological polar surface area (TPSA) is 41.8 Å². The smallest absolute Gasteiger partial charge is 0.229 e. The lowest BCUT2D eigenvalue weighted by molar-refractivity contribution is 0.566. The molecule has 0 radical (unpaired) electrons. The first-order valence-electron chi connectivity index (χ1n) is 3.28. The summed E-state index contributed by atoms with van der Waals surface area (Å²) >= 11 is 3.30. The van der Waals surface area contributed by atoms with E-state index in [1.807, 2.05) is 12.1 Å². The van der Waals surface area contributed by atoms with E-state index in [1.54, 1.807) is 12.0 Å². The van der Waals surface area contributed by atoms with Crippen molar-refractivity contribution in [2.24, 2.45) is 9.98 Å². The molecule has 0 saturated heterocycles. The summed E-state index contributed by atoms with van der Waals surface area (Å²) in [5.74, 6) is 1.76. The highest BCUT2D eigenvalue weighted by Crippen LogP contribution is 2.03. The van der Waals surface area contributed by atoms with Crippen LogP contribution < -0.4 is 10.7 Å². The third kappa shape index (κ3) is 1.11. The van der Waals surface area contributed by atoms with Gasteiger partial charge in [-0.1, -0.05) is 15.9 Å². The molecule has 0 unspecified atom stereocenters. The second-order valence-corrected chi connectivity index (χ2v) is 3.20. The van der Waals surface area contributed by atoms with E-state index < -0.39 is 0 Å². The van der Waals surface area contributed by atoms with Crippen molar-refractivity contribution in [3.63, 3.8) is 0 Å². The second kappa shape index (κ2) is 2.66. The SMILES string of the molecule is O=C=C1N=c2ccc(Br)cc2=N1. The Kier molecular flexibility index (Phi) is 1.64. The summed E-state index contributed by atoms with van der Waals surface area (Å²) < 4.78 is 0.923. The molecule has 0 bridgehead atoms. The predicted octanol–water partition coefficient (Wildman–Crippen LogP) is 0.375. The van der Waals surface area contributed by atoms with Crippen molar-refractivity contribution in [2.75, 3.05) is 0 Å². The fourth-order valence-electron chi connectivity index (χ4n) is 0.980. The van der Waals surface area contributed by atoms with E-state index in [-0.39, 0.29) is 5.82 Å². The van der Waals surface area contributed by atoms with Crippen LogP contribution in [-0.2, 0) is 4.79 Å². The Hall–Kier alpha value is -1.25. The van der Waals surface area contributed by atoms with Gasteiger partial charge in [-0.25, -0.2) is 14.8 Å². The molecule has 1 heterocycles. The maximum atomic E-state index is 10.2. The molecule has 0 spiro atoms. The van der Waals surface area contributed by atoms with Crippen LogP contribution in [0.1, 0.15) is 0 Å². The highest BCUT2D eigenvalue weighted by atomic mass is 79.9. The van der Waals surface area contributed by atoms with Crippen molar-refractivity contribution < 1.29 is 4.79 Å². The maximum Gasteiger partial charge on any atom is 0.240 e. The van der Waals surface area contributed by atoms with E-state index in [9.17, 15) is 4.79 Å². The molecule has 1 aliphatic heterocycles. The molecule has 0 fully saturated rings. The van der Waals surface area contributed by atoms with E-state index in [1.165, 1.54) is 0 Å². The van der Waals surface area contributed by atoms with E-state index in [0.29, 0.717) is 5.36 Å². The molecule has 4 heteroatoms. The summed E-state index contributed by atoms with van der Waals surface area (Å²) in [6, 6.07) is 5.46. The molecule has 0 aromatic heterocycles. The van der Waals surface area contributed by atoms with Crippen molar-refractivity contribution in [1.29, 1.82) is 0 Å². The lowest BCUT2D eigenvalue weighted by atomic mass is 10.3. The molecular formula is C8H3BrN2O. The summed E-state index contributed by atoms with van der Waals surface area (Å²) in [6.07, 6.45) is 0. The summed E-state index contributed by atoms with van der Waals surface area (Å²) in [4.78, 5) is 18.0. The van der Waals surface area contributed by atoms with Gasteiger partial charge in [-0.2, -0.15) is 0 Å². The molecule has 0 atom stereocenters. The minimum atomic E-state index is 0.114. The fraction of sp³-hybridized carbons (Fsp3) is 0. The van der Waals surface area contributed by atoms with Gasteiger partial charge in [-0.15, -0.1) is 0 Å². The Morgan fingerprint density at radius 3 is 2.75 bits per heavy atom. The molecule has 58 valence electrons. The van der Waals surface area contributed by atoms with E-state index >= 15 is 0 Å². The zero-order valence-corrected chi connectivity index (χ0v) is 7.50. The Labute approximate surface area is 76.3 Å². The number of fused-ring (bicyclic) bond motifs is 1. The zero-order chi connectivity index (χ0) is 8.55. The van der Waals surface area contributed by atoms with Gasteiger partial charge >= 0.3 is 0 Å². The van der Waals surface area contributed by atoms with Crippen molar-refractivity contribution in [3.05, 3.63) is 39.2 Å². The number of nitrogens with zero attached hydrogens (tertiary/aromatic N) is 2. The largest absolute Gasteiger partial charge is 0.240 e. The number of benzene rings is 1. The second-order valence-electron chi connectivity index (χ2n) is 2.28. The van der Waals surface area contributed by atoms with Gasteiger partial charge in [0, 0.05) is 4.47 Å². The molecular weight excluding hydrogens is 220 g/mol. The fourth-order valence-corrected chi connectivity index (χ4v) is 1.33. The minimum Gasteiger partial charge on any atom is -0.229 e. The highest BCUT2D eigenvalue weighted by Gasteiger charge is 2.01. The molecule has 0 aliphatic carbocycles. The summed E-state index contributed by atoms with van der Waals surface area (Å²) in [6.45, 7) is 0. The van der Waals surface area contributed by atoms with Gasteiger partial charge in [0.25, 0.3) is 0 Å².